The van der Waals surface area contributed by atoms with E-state index in [1.165, 1.54) is 29.2 Å². The quantitative estimate of drug-likeness (QED) is 0.0979. The number of rotatable bonds is 13. The zero-order valence-corrected chi connectivity index (χ0v) is 35.4. The molecule has 3 aliphatic rings. The Kier molecular flexibility index (Phi) is 12.2. The minimum Gasteiger partial charge on any atom is -0.466 e. The first-order valence-electron chi connectivity index (χ1n) is 20.0. The molecule has 6 nitrogen and oxygen atoms in total. The number of esters is 1. The molecule has 0 heterocycles. The lowest BCUT2D eigenvalue weighted by atomic mass is 9.49. The van der Waals surface area contributed by atoms with Gasteiger partial charge in [0.1, 0.15) is 0 Å². The Balaban J connectivity index is 1.33. The number of carbonyl (C=O) groups excluding carboxylic acids is 1. The first-order valence-corrected chi connectivity index (χ1v) is 24.2. The number of hydrogen-bond acceptors (Lipinski definition) is 6. The molecule has 0 bridgehead atoms. The fourth-order valence-corrected chi connectivity index (χ4v) is 15.4. The topological polar surface area (TPSA) is 78.9 Å². The lowest BCUT2D eigenvalue weighted by molar-refractivity contribution is -0.150. The highest BCUT2D eigenvalue weighted by atomic mass is 32.2. The third-order valence-electron chi connectivity index (χ3n) is 13.8. The summed E-state index contributed by atoms with van der Waals surface area (Å²) in [6.45, 7) is 13.9. The van der Waals surface area contributed by atoms with Crippen molar-refractivity contribution in [2.24, 2.45) is 34.5 Å². The van der Waals surface area contributed by atoms with E-state index in [1.807, 2.05) is 0 Å². The molecular formula is C46H62O6SSi. The van der Waals surface area contributed by atoms with Crippen molar-refractivity contribution < 1.29 is 26.6 Å². The molecule has 3 aromatic rings. The van der Waals surface area contributed by atoms with Crippen LogP contribution >= 0.6 is 0 Å². The average Bonchev–Trinajstić information content (AvgIpc) is 3.48. The summed E-state index contributed by atoms with van der Waals surface area (Å²) in [4.78, 5) is 12.4. The first-order chi connectivity index (χ1) is 25.5. The van der Waals surface area contributed by atoms with Crippen molar-refractivity contribution in [2.75, 3.05) is 19.5 Å². The van der Waals surface area contributed by atoms with Crippen LogP contribution in [0.25, 0.3) is 5.57 Å². The average molecular weight is 771 g/mol. The second-order valence-electron chi connectivity index (χ2n) is 18.1. The molecule has 0 amide bonds. The molecule has 0 spiro atoms. The Morgan fingerprint density at radius 1 is 0.815 bits per heavy atom. The Morgan fingerprint density at radius 2 is 1.39 bits per heavy atom. The van der Waals surface area contributed by atoms with E-state index in [-0.39, 0.29) is 58.2 Å². The summed E-state index contributed by atoms with van der Waals surface area (Å²) in [5, 5.41) is -0.0569. The highest BCUT2D eigenvalue weighted by Crippen LogP contribution is 2.64. The zero-order valence-electron chi connectivity index (χ0n) is 33.6. The molecule has 3 aromatic carbocycles. The second-order valence-corrected chi connectivity index (χ2v) is 24.2. The van der Waals surface area contributed by atoms with Gasteiger partial charge in [-0.15, -0.1) is 0 Å². The normalized spacial score (nSPS) is 28.9. The Labute approximate surface area is 326 Å². The minimum absolute atomic E-state index is 0.0226. The van der Waals surface area contributed by atoms with Gasteiger partial charge in [-0.1, -0.05) is 132 Å². The van der Waals surface area contributed by atoms with Gasteiger partial charge >= 0.3 is 5.97 Å². The third-order valence-corrected chi connectivity index (χ3v) is 19.9. The molecule has 0 aliphatic heterocycles. The van der Waals surface area contributed by atoms with Crippen molar-refractivity contribution in [3.63, 3.8) is 0 Å². The van der Waals surface area contributed by atoms with Crippen LogP contribution in [0.3, 0.4) is 0 Å². The van der Waals surface area contributed by atoms with Gasteiger partial charge in [-0.2, -0.15) is 8.42 Å². The minimum atomic E-state index is -3.64. The van der Waals surface area contributed by atoms with Crippen molar-refractivity contribution in [3.05, 3.63) is 114 Å². The van der Waals surface area contributed by atoms with Crippen molar-refractivity contribution in [1.82, 2.24) is 0 Å². The van der Waals surface area contributed by atoms with Gasteiger partial charge in [0.15, 0.2) is 0 Å². The highest BCUT2D eigenvalue weighted by molar-refractivity contribution is 7.85. The summed E-state index contributed by atoms with van der Waals surface area (Å²) >= 11 is 0. The van der Waals surface area contributed by atoms with Crippen LogP contribution in [0.4, 0.5) is 0 Å². The predicted octanol–water partition coefficient (Wildman–Crippen LogP) is 10.2. The van der Waals surface area contributed by atoms with Crippen LogP contribution in [0.1, 0.15) is 96.8 Å². The number of ether oxygens (including phenoxy) is 1. The molecule has 2 saturated carbocycles. The number of benzene rings is 3. The van der Waals surface area contributed by atoms with Crippen LogP contribution in [-0.2, 0) is 40.3 Å². The number of allylic oxidation sites excluding steroid dienone is 2. The Bertz CT molecular complexity index is 1820. The van der Waals surface area contributed by atoms with Gasteiger partial charge in [0.2, 0.25) is 8.32 Å². The number of hydrogen-bond donors (Lipinski definition) is 0. The fraction of sp³-hybridized carbons (Fsp3) is 0.543. The summed E-state index contributed by atoms with van der Waals surface area (Å²) in [7, 11) is -6.19. The SMILES string of the molecule is CC(=O)OC[C@H]1C[C@@H](O[Si](Cc2ccccc2)(Cc2ccccc2)C(C)(C)C)CC[C@]1(C)[C@H]1CC[C@]2(C)C(c3ccccc3)=CC[C@H]2[C@@H]1COS(C)(=O)=O. The van der Waals surface area contributed by atoms with Gasteiger partial charge in [0.25, 0.3) is 10.1 Å². The van der Waals surface area contributed by atoms with Crippen LogP contribution in [0.15, 0.2) is 97.1 Å². The molecule has 0 saturated heterocycles. The summed E-state index contributed by atoms with van der Waals surface area (Å²) in [5.41, 5.74) is 4.95. The highest BCUT2D eigenvalue weighted by Gasteiger charge is 2.58. The fourth-order valence-electron chi connectivity index (χ4n) is 10.6. The van der Waals surface area contributed by atoms with E-state index >= 15 is 0 Å². The van der Waals surface area contributed by atoms with Crippen LogP contribution in [0.5, 0.6) is 0 Å². The Morgan fingerprint density at radius 3 is 1.93 bits per heavy atom. The van der Waals surface area contributed by atoms with Crippen LogP contribution in [-0.4, -0.2) is 48.3 Å². The largest absolute Gasteiger partial charge is 0.466 e. The first kappa shape index (κ1) is 40.6. The summed E-state index contributed by atoms with van der Waals surface area (Å²) in [5.74, 6) is 0.245. The van der Waals surface area contributed by atoms with Gasteiger partial charge in [0, 0.05) is 18.9 Å². The van der Waals surface area contributed by atoms with Crippen molar-refractivity contribution in [2.45, 2.75) is 103 Å². The predicted molar refractivity (Wildman–Crippen MR) is 220 cm³/mol. The van der Waals surface area contributed by atoms with E-state index in [0.717, 1.165) is 56.9 Å². The van der Waals surface area contributed by atoms with Crippen LogP contribution in [0.2, 0.25) is 5.04 Å². The van der Waals surface area contributed by atoms with Gasteiger partial charge in [0.05, 0.1) is 19.5 Å². The number of carbonyl (C=O) groups is 1. The lowest BCUT2D eigenvalue weighted by Crippen LogP contribution is -2.57. The molecule has 0 N–H and O–H groups in total. The van der Waals surface area contributed by atoms with E-state index in [4.69, 9.17) is 13.3 Å². The van der Waals surface area contributed by atoms with E-state index in [0.29, 0.717) is 6.61 Å². The smallest absolute Gasteiger partial charge is 0.302 e. The van der Waals surface area contributed by atoms with E-state index in [9.17, 15) is 13.2 Å². The molecule has 0 unspecified atom stereocenters. The van der Waals surface area contributed by atoms with Gasteiger partial charge in [-0.05, 0) is 106 Å². The second kappa shape index (κ2) is 16.2. The number of fused-ring (bicyclic) bond motifs is 1. The standard InChI is InChI=1S/C46H62O6SSi/c1-34(47)50-30-38-29-39(52-54(44(2,3)4,32-35-17-11-8-12-18-35)33-36-19-13-9-14-20-36)25-27-45(38,5)43-26-28-46(6)41(37-21-15-10-16-22-37)23-24-42(46)40(43)31-51-53(7,48)49/h8-23,38-40,42-43H,24-33H2,1-7H3/t38-,39+,40+,42+,43+,45+,46-/m1/s1. The molecule has 54 heavy (non-hydrogen) atoms. The van der Waals surface area contributed by atoms with Crippen LogP contribution in [0, 0.1) is 34.5 Å². The molecule has 0 radical (unpaired) electrons. The van der Waals surface area contributed by atoms with Crippen molar-refractivity contribution in [3.8, 4) is 0 Å². The van der Waals surface area contributed by atoms with Gasteiger partial charge < -0.3 is 9.16 Å². The summed E-state index contributed by atoms with van der Waals surface area (Å²) in [6.07, 6.45) is 9.07. The van der Waals surface area contributed by atoms with Crippen molar-refractivity contribution in [1.29, 1.82) is 0 Å². The molecule has 0 aromatic heterocycles. The molecule has 6 rings (SSSR count). The maximum Gasteiger partial charge on any atom is 0.302 e. The zero-order chi connectivity index (χ0) is 38.8. The monoisotopic (exact) mass is 770 g/mol. The molecule has 3 aliphatic carbocycles. The Hall–Kier alpha value is -3.04. The molecule has 7 atom stereocenters. The molecule has 8 heteroatoms. The summed E-state index contributed by atoms with van der Waals surface area (Å²) < 4.78 is 44.5. The van der Waals surface area contributed by atoms with Gasteiger partial charge in [-0.25, -0.2) is 0 Å². The molecular weight excluding hydrogens is 709 g/mol. The van der Waals surface area contributed by atoms with Crippen LogP contribution < -0.4 is 0 Å². The van der Waals surface area contributed by atoms with E-state index < -0.39 is 18.4 Å². The molecule has 2 fully saturated rings. The molecule has 292 valence electrons. The van der Waals surface area contributed by atoms with E-state index in [2.05, 4.69) is 132 Å². The van der Waals surface area contributed by atoms with Crippen molar-refractivity contribution >= 4 is 30.0 Å². The maximum atomic E-state index is 12.5. The summed E-state index contributed by atoms with van der Waals surface area (Å²) in [6, 6.07) is 34.1. The lowest BCUT2D eigenvalue weighted by Gasteiger charge is -2.57. The van der Waals surface area contributed by atoms with E-state index in [1.54, 1.807) is 0 Å². The van der Waals surface area contributed by atoms with Gasteiger partial charge in [-0.3, -0.25) is 8.98 Å². The maximum absolute atomic E-state index is 12.5. The third kappa shape index (κ3) is 8.82.